The van der Waals surface area contributed by atoms with Crippen molar-refractivity contribution in [2.75, 3.05) is 0 Å². The van der Waals surface area contributed by atoms with Crippen LogP contribution in [0.3, 0.4) is 0 Å². The van der Waals surface area contributed by atoms with Crippen LogP contribution in [0.25, 0.3) is 27.8 Å². The van der Waals surface area contributed by atoms with E-state index in [-0.39, 0.29) is 0 Å². The fraction of sp³-hybridized carbons (Fsp3) is 0.391. The van der Waals surface area contributed by atoms with Crippen LogP contribution in [0.2, 0.25) is 0 Å². The fourth-order valence-electron chi connectivity index (χ4n) is 4.82. The minimum atomic E-state index is 0.539. The molecule has 0 bridgehead atoms. The lowest BCUT2D eigenvalue weighted by atomic mass is 9.95. The number of thioether (sulfide) groups is 1. The van der Waals surface area contributed by atoms with Crippen molar-refractivity contribution in [2.45, 2.75) is 63.0 Å². The summed E-state index contributed by atoms with van der Waals surface area (Å²) in [4.78, 5) is 14.2. The highest BCUT2D eigenvalue weighted by Gasteiger charge is 2.24. The van der Waals surface area contributed by atoms with Crippen LogP contribution < -0.4 is 0 Å². The van der Waals surface area contributed by atoms with Gasteiger partial charge in [-0.25, -0.2) is 19.5 Å². The maximum atomic E-state index is 5.81. The van der Waals surface area contributed by atoms with Crippen molar-refractivity contribution in [3.05, 3.63) is 47.7 Å². The first-order chi connectivity index (χ1) is 15.2. The van der Waals surface area contributed by atoms with Gasteiger partial charge < -0.3 is 8.98 Å². The van der Waals surface area contributed by atoms with Crippen LogP contribution in [-0.4, -0.2) is 29.1 Å². The molecule has 1 aliphatic rings. The molecular formula is C23H24N6OS. The van der Waals surface area contributed by atoms with Crippen LogP contribution in [0.4, 0.5) is 0 Å². The van der Waals surface area contributed by atoms with Gasteiger partial charge in [-0.1, -0.05) is 43.2 Å². The second-order valence-electron chi connectivity index (χ2n) is 8.35. The lowest BCUT2D eigenvalue weighted by molar-refractivity contribution is 0.355. The summed E-state index contributed by atoms with van der Waals surface area (Å²) in [6.07, 6.45) is 8.21. The van der Waals surface area contributed by atoms with Gasteiger partial charge in [-0.15, -0.1) is 5.10 Å². The van der Waals surface area contributed by atoms with Crippen LogP contribution in [0.15, 0.2) is 40.2 Å². The Balaban J connectivity index is 1.36. The van der Waals surface area contributed by atoms with E-state index in [2.05, 4.69) is 28.5 Å². The molecule has 0 atom stereocenters. The van der Waals surface area contributed by atoms with Crippen molar-refractivity contribution in [3.8, 4) is 0 Å². The van der Waals surface area contributed by atoms with Gasteiger partial charge in [-0.3, -0.25) is 0 Å². The van der Waals surface area contributed by atoms with E-state index < -0.39 is 0 Å². The zero-order valence-electron chi connectivity index (χ0n) is 17.7. The predicted octanol–water partition coefficient (Wildman–Crippen LogP) is 5.63. The largest absolute Gasteiger partial charge is 0.431 e. The number of hydrogen-bond acceptors (Lipinski definition) is 6. The highest BCUT2D eigenvalue weighted by molar-refractivity contribution is 7.98. The summed E-state index contributed by atoms with van der Waals surface area (Å²) in [6.45, 7) is 4.39. The third-order valence-electron chi connectivity index (χ3n) is 6.46. The van der Waals surface area contributed by atoms with E-state index in [9.17, 15) is 0 Å². The number of aryl methyl sites for hydroxylation is 1. The molecule has 1 fully saturated rings. The number of fused-ring (bicyclic) bond motifs is 4. The lowest BCUT2D eigenvalue weighted by Gasteiger charge is -2.25. The predicted molar refractivity (Wildman–Crippen MR) is 121 cm³/mol. The van der Waals surface area contributed by atoms with Gasteiger partial charge in [0.25, 0.3) is 5.22 Å². The Morgan fingerprint density at radius 1 is 1.06 bits per heavy atom. The van der Waals surface area contributed by atoms with Crippen molar-refractivity contribution in [3.63, 3.8) is 0 Å². The maximum absolute atomic E-state index is 5.81. The number of para-hydroxylation sites is 2. The molecule has 31 heavy (non-hydrogen) atoms. The van der Waals surface area contributed by atoms with Crippen LogP contribution >= 0.6 is 11.8 Å². The van der Waals surface area contributed by atoms with Crippen LogP contribution in [0.5, 0.6) is 0 Å². The highest BCUT2D eigenvalue weighted by atomic mass is 32.2. The van der Waals surface area contributed by atoms with E-state index in [1.54, 1.807) is 6.33 Å². The first-order valence-corrected chi connectivity index (χ1v) is 11.9. The molecule has 1 aliphatic carbocycles. The highest BCUT2D eigenvalue weighted by Crippen LogP contribution is 2.36. The van der Waals surface area contributed by atoms with Crippen molar-refractivity contribution in [1.82, 2.24) is 29.1 Å². The van der Waals surface area contributed by atoms with Gasteiger partial charge in [0.15, 0.2) is 17.1 Å². The number of nitrogens with zero attached hydrogens (tertiary/aromatic N) is 6. The monoisotopic (exact) mass is 432 g/mol. The molecule has 0 spiro atoms. The Labute approximate surface area is 183 Å². The summed E-state index contributed by atoms with van der Waals surface area (Å²) < 4.78 is 10.1. The molecule has 0 saturated heterocycles. The molecule has 158 valence electrons. The summed E-state index contributed by atoms with van der Waals surface area (Å²) in [6, 6.07) is 8.34. The maximum Gasteiger partial charge on any atom is 0.257 e. The van der Waals surface area contributed by atoms with Gasteiger partial charge in [-0.2, -0.15) is 0 Å². The molecule has 0 radical (unpaired) electrons. The Morgan fingerprint density at radius 3 is 2.74 bits per heavy atom. The van der Waals surface area contributed by atoms with Gasteiger partial charge in [0.05, 0.1) is 11.1 Å². The second kappa shape index (κ2) is 7.37. The van der Waals surface area contributed by atoms with E-state index >= 15 is 0 Å². The van der Waals surface area contributed by atoms with Gasteiger partial charge in [-0.05, 0) is 44.4 Å². The SMILES string of the molecule is Cc1c(C)n(C2CCCCC2)c2ncn3nc(CSc4nc5ccccc5o4)nc3c12. The Hall–Kier alpha value is -2.87. The molecule has 6 rings (SSSR count). The van der Waals surface area contributed by atoms with Gasteiger partial charge in [0, 0.05) is 11.7 Å². The molecule has 4 heterocycles. The summed E-state index contributed by atoms with van der Waals surface area (Å²) >= 11 is 1.51. The van der Waals surface area contributed by atoms with E-state index in [0.29, 0.717) is 17.0 Å². The van der Waals surface area contributed by atoms with Crippen molar-refractivity contribution >= 4 is 39.5 Å². The zero-order chi connectivity index (χ0) is 20.9. The van der Waals surface area contributed by atoms with Crippen molar-refractivity contribution in [1.29, 1.82) is 0 Å². The van der Waals surface area contributed by atoms with Crippen molar-refractivity contribution < 1.29 is 4.42 Å². The zero-order valence-corrected chi connectivity index (χ0v) is 18.5. The third kappa shape index (κ3) is 3.12. The first kappa shape index (κ1) is 18.9. The van der Waals surface area contributed by atoms with E-state index in [1.807, 2.05) is 28.8 Å². The lowest BCUT2D eigenvalue weighted by Crippen LogP contribution is -2.14. The van der Waals surface area contributed by atoms with Gasteiger partial charge in [0.2, 0.25) is 0 Å². The van der Waals surface area contributed by atoms with Crippen LogP contribution in [0.1, 0.15) is 55.2 Å². The molecule has 0 aliphatic heterocycles. The van der Waals surface area contributed by atoms with Gasteiger partial charge >= 0.3 is 0 Å². The minimum absolute atomic E-state index is 0.539. The Kier molecular flexibility index (Phi) is 4.49. The van der Waals surface area contributed by atoms with E-state index in [4.69, 9.17) is 14.4 Å². The molecule has 4 aromatic heterocycles. The molecule has 7 nitrogen and oxygen atoms in total. The topological polar surface area (TPSA) is 74.0 Å². The number of hydrogen-bond donors (Lipinski definition) is 0. The molecule has 1 aromatic carbocycles. The Morgan fingerprint density at radius 2 is 1.90 bits per heavy atom. The van der Waals surface area contributed by atoms with E-state index in [0.717, 1.165) is 33.6 Å². The standard InChI is InChI=1S/C23H24N6OS/c1-14-15(2)29(16-8-4-3-5-9-16)21-20(14)22-26-19(27-28(22)13-24-21)12-31-23-25-17-10-6-7-11-18(17)30-23/h6-7,10-11,13,16H,3-5,8-9,12H2,1-2H3. The number of aromatic nitrogens is 6. The Bertz CT molecular complexity index is 1380. The summed E-state index contributed by atoms with van der Waals surface area (Å²) in [5.74, 6) is 1.35. The second-order valence-corrected chi connectivity index (χ2v) is 9.27. The third-order valence-corrected chi connectivity index (χ3v) is 7.28. The summed E-state index contributed by atoms with van der Waals surface area (Å²) in [5, 5.41) is 6.43. The van der Waals surface area contributed by atoms with E-state index in [1.165, 1.54) is 55.1 Å². The quantitative estimate of drug-likeness (QED) is 0.342. The number of rotatable bonds is 4. The normalized spacial score (nSPS) is 15.5. The smallest absolute Gasteiger partial charge is 0.257 e. The summed E-state index contributed by atoms with van der Waals surface area (Å²) in [5.41, 5.74) is 6.15. The molecule has 1 saturated carbocycles. The van der Waals surface area contributed by atoms with Crippen molar-refractivity contribution in [2.24, 2.45) is 0 Å². The van der Waals surface area contributed by atoms with Crippen LogP contribution in [0, 0.1) is 13.8 Å². The first-order valence-electron chi connectivity index (χ1n) is 10.9. The molecule has 0 unspecified atom stereocenters. The molecule has 0 N–H and O–H groups in total. The van der Waals surface area contributed by atoms with Crippen LogP contribution in [-0.2, 0) is 5.75 Å². The number of benzene rings is 1. The molecule has 0 amide bonds. The molecule has 5 aromatic rings. The molecular weight excluding hydrogens is 408 g/mol. The summed E-state index contributed by atoms with van der Waals surface area (Å²) in [7, 11) is 0. The average molecular weight is 433 g/mol. The fourth-order valence-corrected chi connectivity index (χ4v) is 5.50. The molecule has 8 heteroatoms. The number of oxazole rings is 1. The van der Waals surface area contributed by atoms with Gasteiger partial charge in [0.1, 0.15) is 17.5 Å². The average Bonchev–Trinajstić information content (AvgIpc) is 3.47. The minimum Gasteiger partial charge on any atom is -0.431 e.